The van der Waals surface area contributed by atoms with Crippen molar-refractivity contribution < 1.29 is 9.18 Å². The van der Waals surface area contributed by atoms with Crippen LogP contribution in [0.1, 0.15) is 21.6 Å². The van der Waals surface area contributed by atoms with Gasteiger partial charge in [0.25, 0.3) is 5.91 Å². The van der Waals surface area contributed by atoms with Gasteiger partial charge in [0.05, 0.1) is 10.2 Å². The number of rotatable bonds is 4. The quantitative estimate of drug-likeness (QED) is 0.442. The highest BCUT2D eigenvalue weighted by atomic mass is 35.5. The Hall–Kier alpha value is -2.63. The van der Waals surface area contributed by atoms with Crippen LogP contribution in [0.4, 0.5) is 10.1 Å². The first-order valence-electron chi connectivity index (χ1n) is 8.40. The first-order chi connectivity index (χ1) is 13.0. The molecule has 0 atom stereocenters. The van der Waals surface area contributed by atoms with Crippen molar-refractivity contribution in [3.63, 3.8) is 0 Å². The first kappa shape index (κ1) is 17.8. The molecule has 6 heteroatoms. The molecule has 2 aromatic heterocycles. The highest BCUT2D eigenvalue weighted by molar-refractivity contribution is 7.17. The van der Waals surface area contributed by atoms with E-state index in [1.165, 1.54) is 12.1 Å². The van der Waals surface area contributed by atoms with Crippen molar-refractivity contribution in [3.8, 4) is 0 Å². The topological polar surface area (TPSA) is 34.0 Å². The van der Waals surface area contributed by atoms with Crippen LogP contribution < -0.4 is 5.32 Å². The third-order valence-corrected chi connectivity index (χ3v) is 5.70. The number of carbonyl (C=O) groups is 1. The Kier molecular flexibility index (Phi) is 4.72. The number of thiophene rings is 1. The Balaban J connectivity index is 1.68. The van der Waals surface area contributed by atoms with Gasteiger partial charge in [0.1, 0.15) is 11.5 Å². The van der Waals surface area contributed by atoms with Gasteiger partial charge in [0.2, 0.25) is 0 Å². The van der Waals surface area contributed by atoms with Crippen molar-refractivity contribution in [2.75, 3.05) is 5.32 Å². The maximum atomic E-state index is 13.2. The fourth-order valence-corrected chi connectivity index (χ4v) is 3.98. The zero-order valence-corrected chi connectivity index (χ0v) is 16.1. The third kappa shape index (κ3) is 3.61. The minimum atomic E-state index is -0.277. The summed E-state index contributed by atoms with van der Waals surface area (Å²) in [7, 11) is 0. The molecule has 0 radical (unpaired) electrons. The minimum absolute atomic E-state index is 0.208. The van der Waals surface area contributed by atoms with E-state index in [-0.39, 0.29) is 11.7 Å². The van der Waals surface area contributed by atoms with Gasteiger partial charge in [0, 0.05) is 17.3 Å². The summed E-state index contributed by atoms with van der Waals surface area (Å²) in [6, 6.07) is 15.6. The molecule has 4 aromatic rings. The number of hydrogen-bond donors (Lipinski definition) is 1. The van der Waals surface area contributed by atoms with Crippen LogP contribution in [0.3, 0.4) is 0 Å². The predicted octanol–water partition coefficient (Wildman–Crippen LogP) is 6.10. The van der Waals surface area contributed by atoms with Gasteiger partial charge >= 0.3 is 0 Å². The van der Waals surface area contributed by atoms with Crippen LogP contribution in [-0.4, -0.2) is 10.5 Å². The van der Waals surface area contributed by atoms with E-state index in [0.29, 0.717) is 22.9 Å². The number of nitrogens with zero attached hydrogens (tertiary/aromatic N) is 1. The van der Waals surface area contributed by atoms with E-state index in [0.717, 1.165) is 21.3 Å². The van der Waals surface area contributed by atoms with E-state index >= 15 is 0 Å². The molecule has 3 nitrogen and oxygen atoms in total. The normalized spacial score (nSPS) is 11.1. The van der Waals surface area contributed by atoms with Crippen LogP contribution >= 0.6 is 22.9 Å². The van der Waals surface area contributed by atoms with Crippen molar-refractivity contribution in [2.24, 2.45) is 0 Å². The number of halogens is 2. The van der Waals surface area contributed by atoms with Gasteiger partial charge in [0.15, 0.2) is 0 Å². The van der Waals surface area contributed by atoms with Crippen molar-refractivity contribution >= 4 is 44.7 Å². The van der Waals surface area contributed by atoms with E-state index < -0.39 is 0 Å². The third-order valence-electron chi connectivity index (χ3n) is 4.44. The molecule has 136 valence electrons. The number of nitrogens with one attached hydrogen (secondary N) is 1. The molecule has 0 aliphatic carbocycles. The molecule has 0 aliphatic heterocycles. The number of carbonyl (C=O) groups excluding carboxylic acids is 1. The highest BCUT2D eigenvalue weighted by Crippen LogP contribution is 2.27. The van der Waals surface area contributed by atoms with Crippen LogP contribution in [0, 0.1) is 12.7 Å². The van der Waals surface area contributed by atoms with E-state index in [9.17, 15) is 9.18 Å². The molecule has 2 heterocycles. The number of fused-ring (bicyclic) bond motifs is 1. The second kappa shape index (κ2) is 7.18. The van der Waals surface area contributed by atoms with E-state index in [1.807, 2.05) is 41.1 Å². The number of anilines is 1. The van der Waals surface area contributed by atoms with Crippen LogP contribution in [0.2, 0.25) is 5.02 Å². The van der Waals surface area contributed by atoms with E-state index in [1.54, 1.807) is 29.5 Å². The monoisotopic (exact) mass is 398 g/mol. The largest absolute Gasteiger partial charge is 0.331 e. The zero-order valence-electron chi connectivity index (χ0n) is 14.5. The zero-order chi connectivity index (χ0) is 19.0. The van der Waals surface area contributed by atoms with Crippen LogP contribution in [-0.2, 0) is 6.54 Å². The van der Waals surface area contributed by atoms with E-state index in [2.05, 4.69) is 5.32 Å². The second-order valence-electron chi connectivity index (χ2n) is 6.33. The lowest BCUT2D eigenvalue weighted by atomic mass is 10.2. The molecule has 0 saturated carbocycles. The Bertz CT molecular complexity index is 1130. The molecular formula is C21H16ClFN2OS. The van der Waals surface area contributed by atoms with Gasteiger partial charge < -0.3 is 9.88 Å². The lowest BCUT2D eigenvalue weighted by Gasteiger charge is -2.12. The fraction of sp³-hybridized carbons (Fsp3) is 0.0952. The van der Waals surface area contributed by atoms with Gasteiger partial charge in [-0.3, -0.25) is 4.79 Å². The SMILES string of the molecule is Cc1ccc(NC(=O)c2cc3sccc3n2Cc2ccc(F)cc2)cc1Cl. The Morgan fingerprint density at radius 1 is 1.15 bits per heavy atom. The molecular weight excluding hydrogens is 383 g/mol. The molecule has 0 bridgehead atoms. The lowest BCUT2D eigenvalue weighted by molar-refractivity contribution is 0.101. The molecule has 0 saturated heterocycles. The van der Waals surface area contributed by atoms with Gasteiger partial charge in [-0.1, -0.05) is 29.8 Å². The standard InChI is InChI=1S/C21H16ClFN2OS/c1-13-2-7-16(10-17(13)22)24-21(26)19-11-20-18(8-9-27-20)25(19)12-14-3-5-15(23)6-4-14/h2-11H,12H2,1H3,(H,24,26). The smallest absolute Gasteiger partial charge is 0.272 e. The summed E-state index contributed by atoms with van der Waals surface area (Å²) in [6.45, 7) is 2.40. The van der Waals surface area contributed by atoms with Gasteiger partial charge in [-0.15, -0.1) is 11.3 Å². The van der Waals surface area contributed by atoms with Crippen LogP contribution in [0.5, 0.6) is 0 Å². The molecule has 0 fully saturated rings. The summed E-state index contributed by atoms with van der Waals surface area (Å²) < 4.78 is 16.2. The van der Waals surface area contributed by atoms with Crippen molar-refractivity contribution in [3.05, 3.63) is 87.6 Å². The number of aryl methyl sites for hydroxylation is 1. The number of hydrogen-bond acceptors (Lipinski definition) is 2. The summed E-state index contributed by atoms with van der Waals surface area (Å²) >= 11 is 7.74. The summed E-state index contributed by atoms with van der Waals surface area (Å²) in [5.74, 6) is -0.485. The van der Waals surface area contributed by atoms with Gasteiger partial charge in [-0.05, 0) is 59.8 Å². The number of aromatic nitrogens is 1. The molecule has 0 unspecified atom stereocenters. The molecule has 2 aromatic carbocycles. The Morgan fingerprint density at radius 2 is 1.93 bits per heavy atom. The van der Waals surface area contributed by atoms with Crippen molar-refractivity contribution in [1.29, 1.82) is 0 Å². The number of benzene rings is 2. The average molecular weight is 399 g/mol. The molecule has 4 rings (SSSR count). The Labute approximate surface area is 165 Å². The second-order valence-corrected chi connectivity index (χ2v) is 7.69. The fourth-order valence-electron chi connectivity index (χ4n) is 2.97. The van der Waals surface area contributed by atoms with Crippen molar-refractivity contribution in [1.82, 2.24) is 4.57 Å². The van der Waals surface area contributed by atoms with E-state index in [4.69, 9.17) is 11.6 Å². The van der Waals surface area contributed by atoms with Crippen LogP contribution in [0.15, 0.2) is 60.0 Å². The summed E-state index contributed by atoms with van der Waals surface area (Å²) in [6.07, 6.45) is 0. The number of amides is 1. The van der Waals surface area contributed by atoms with Gasteiger partial charge in [-0.2, -0.15) is 0 Å². The maximum Gasteiger partial charge on any atom is 0.272 e. The molecule has 1 amide bonds. The minimum Gasteiger partial charge on any atom is -0.331 e. The van der Waals surface area contributed by atoms with Crippen LogP contribution in [0.25, 0.3) is 10.2 Å². The molecule has 1 N–H and O–H groups in total. The molecule has 0 spiro atoms. The molecule has 27 heavy (non-hydrogen) atoms. The molecule has 0 aliphatic rings. The predicted molar refractivity (Wildman–Crippen MR) is 109 cm³/mol. The first-order valence-corrected chi connectivity index (χ1v) is 9.66. The summed E-state index contributed by atoms with van der Waals surface area (Å²) in [5.41, 5.74) is 4.06. The highest BCUT2D eigenvalue weighted by Gasteiger charge is 2.17. The maximum absolute atomic E-state index is 13.2. The van der Waals surface area contributed by atoms with Gasteiger partial charge in [-0.25, -0.2) is 4.39 Å². The average Bonchev–Trinajstić information content (AvgIpc) is 3.23. The summed E-state index contributed by atoms with van der Waals surface area (Å²) in [5, 5.41) is 5.51. The Morgan fingerprint density at radius 3 is 2.67 bits per heavy atom. The lowest BCUT2D eigenvalue weighted by Crippen LogP contribution is -2.17. The van der Waals surface area contributed by atoms with Crippen molar-refractivity contribution in [2.45, 2.75) is 13.5 Å². The summed E-state index contributed by atoms with van der Waals surface area (Å²) in [4.78, 5) is 12.9.